The largest absolute Gasteiger partial charge is 0.385 e. The van der Waals surface area contributed by atoms with Gasteiger partial charge in [-0.1, -0.05) is 6.07 Å². The van der Waals surface area contributed by atoms with Crippen molar-refractivity contribution in [3.8, 4) is 0 Å². The summed E-state index contributed by atoms with van der Waals surface area (Å²) in [5.74, 6) is 1.10. The summed E-state index contributed by atoms with van der Waals surface area (Å²) in [4.78, 5) is 6.79. The van der Waals surface area contributed by atoms with Gasteiger partial charge < -0.3 is 15.0 Å². The molecule has 0 amide bonds. The number of methoxy groups -OCH3 is 1. The highest BCUT2D eigenvalue weighted by molar-refractivity contribution is 5.38. The van der Waals surface area contributed by atoms with Crippen LogP contribution in [-0.2, 0) is 4.74 Å². The highest BCUT2D eigenvalue weighted by Crippen LogP contribution is 2.17. The van der Waals surface area contributed by atoms with E-state index in [4.69, 9.17) is 4.74 Å². The lowest BCUT2D eigenvalue weighted by Crippen LogP contribution is -2.45. The number of nitrogens with one attached hydrogen (secondary N) is 1. The Hall–Kier alpha value is -1.13. The molecular formula is C15H25N3O. The Balaban J connectivity index is 1.73. The van der Waals surface area contributed by atoms with Gasteiger partial charge in [0.15, 0.2) is 0 Å². The van der Waals surface area contributed by atoms with Crippen LogP contribution in [0.4, 0.5) is 5.82 Å². The summed E-state index contributed by atoms with van der Waals surface area (Å²) in [5.41, 5.74) is 0. The molecule has 1 aromatic rings. The third-order valence-corrected chi connectivity index (χ3v) is 3.74. The minimum Gasteiger partial charge on any atom is -0.385 e. The number of aromatic nitrogens is 1. The topological polar surface area (TPSA) is 37.4 Å². The van der Waals surface area contributed by atoms with Gasteiger partial charge in [-0.05, 0) is 38.3 Å². The highest BCUT2D eigenvalue weighted by atomic mass is 16.5. The lowest BCUT2D eigenvalue weighted by molar-refractivity contribution is 0.181. The van der Waals surface area contributed by atoms with Gasteiger partial charge in [-0.3, -0.25) is 0 Å². The van der Waals surface area contributed by atoms with E-state index in [9.17, 15) is 0 Å². The predicted octanol–water partition coefficient (Wildman–Crippen LogP) is 2.06. The maximum Gasteiger partial charge on any atom is 0.128 e. The molecule has 4 nitrogen and oxygen atoms in total. The van der Waals surface area contributed by atoms with Crippen molar-refractivity contribution < 1.29 is 4.74 Å². The molecule has 0 aliphatic carbocycles. The van der Waals surface area contributed by atoms with Gasteiger partial charge >= 0.3 is 0 Å². The van der Waals surface area contributed by atoms with Gasteiger partial charge in [0.25, 0.3) is 0 Å². The quantitative estimate of drug-likeness (QED) is 0.852. The Morgan fingerprint density at radius 2 is 2.21 bits per heavy atom. The van der Waals surface area contributed by atoms with Gasteiger partial charge in [-0.15, -0.1) is 0 Å². The standard InChI is InChI=1S/C15H25N3O/c1-13(8-12-19-2)17-14-6-10-18(11-7-14)15-5-3-4-9-16-15/h3-5,9,13-14,17H,6-8,10-12H2,1-2H3. The van der Waals surface area contributed by atoms with Crippen LogP contribution in [0.3, 0.4) is 0 Å². The molecule has 4 heteroatoms. The molecule has 0 aromatic carbocycles. The molecule has 0 bridgehead atoms. The molecule has 0 radical (unpaired) electrons. The smallest absolute Gasteiger partial charge is 0.128 e. The molecule has 1 atom stereocenters. The molecule has 0 spiro atoms. The van der Waals surface area contributed by atoms with Crippen molar-refractivity contribution in [2.24, 2.45) is 0 Å². The van der Waals surface area contributed by atoms with E-state index in [0.29, 0.717) is 12.1 Å². The first-order valence-electron chi connectivity index (χ1n) is 7.20. The molecule has 1 aliphatic rings. The number of ether oxygens (including phenoxy) is 1. The predicted molar refractivity (Wildman–Crippen MR) is 78.6 cm³/mol. The van der Waals surface area contributed by atoms with Crippen molar-refractivity contribution >= 4 is 5.82 Å². The summed E-state index contributed by atoms with van der Waals surface area (Å²) in [6, 6.07) is 7.28. The van der Waals surface area contributed by atoms with Gasteiger partial charge in [0.1, 0.15) is 5.82 Å². The van der Waals surface area contributed by atoms with Crippen LogP contribution in [0.25, 0.3) is 0 Å². The third-order valence-electron chi connectivity index (χ3n) is 3.74. The Morgan fingerprint density at radius 1 is 1.42 bits per heavy atom. The minimum absolute atomic E-state index is 0.534. The van der Waals surface area contributed by atoms with Crippen molar-refractivity contribution in [3.63, 3.8) is 0 Å². The fourth-order valence-corrected chi connectivity index (χ4v) is 2.60. The third kappa shape index (κ3) is 4.48. The summed E-state index contributed by atoms with van der Waals surface area (Å²) in [7, 11) is 1.76. The van der Waals surface area contributed by atoms with E-state index in [1.54, 1.807) is 7.11 Å². The van der Waals surface area contributed by atoms with Crippen LogP contribution >= 0.6 is 0 Å². The van der Waals surface area contributed by atoms with Crippen molar-refractivity contribution in [1.29, 1.82) is 0 Å². The van der Waals surface area contributed by atoms with E-state index < -0.39 is 0 Å². The van der Waals surface area contributed by atoms with Gasteiger partial charge in [-0.25, -0.2) is 4.98 Å². The molecule has 0 saturated carbocycles. The van der Waals surface area contributed by atoms with Crippen LogP contribution < -0.4 is 10.2 Å². The molecule has 106 valence electrons. The highest BCUT2D eigenvalue weighted by Gasteiger charge is 2.20. The molecule has 1 saturated heterocycles. The number of piperidine rings is 1. The number of pyridine rings is 1. The average Bonchev–Trinajstić information content (AvgIpc) is 2.47. The summed E-state index contributed by atoms with van der Waals surface area (Å²) >= 11 is 0. The molecule has 1 unspecified atom stereocenters. The van der Waals surface area contributed by atoms with Crippen LogP contribution in [0.15, 0.2) is 24.4 Å². The second kappa shape index (κ2) is 7.46. The van der Waals surface area contributed by atoms with E-state index in [2.05, 4.69) is 34.3 Å². The summed E-state index contributed by atoms with van der Waals surface area (Å²) < 4.78 is 5.12. The summed E-state index contributed by atoms with van der Waals surface area (Å²) in [6.45, 7) is 5.25. The van der Waals surface area contributed by atoms with Crippen LogP contribution in [0.5, 0.6) is 0 Å². The van der Waals surface area contributed by atoms with Crippen molar-refractivity contribution in [2.45, 2.75) is 38.3 Å². The zero-order valence-corrected chi connectivity index (χ0v) is 12.0. The lowest BCUT2D eigenvalue weighted by Gasteiger charge is -2.34. The van der Waals surface area contributed by atoms with Gasteiger partial charge in [0.2, 0.25) is 0 Å². The van der Waals surface area contributed by atoms with Gasteiger partial charge in [0, 0.05) is 45.1 Å². The molecule has 2 heterocycles. The van der Waals surface area contributed by atoms with Gasteiger partial charge in [-0.2, -0.15) is 0 Å². The van der Waals surface area contributed by atoms with Crippen molar-refractivity contribution in [2.75, 3.05) is 31.7 Å². The fourth-order valence-electron chi connectivity index (χ4n) is 2.60. The van der Waals surface area contributed by atoms with E-state index in [1.165, 1.54) is 12.8 Å². The zero-order valence-electron chi connectivity index (χ0n) is 12.0. The van der Waals surface area contributed by atoms with Gasteiger partial charge in [0.05, 0.1) is 0 Å². The molecule has 2 rings (SSSR count). The summed E-state index contributed by atoms with van der Waals surface area (Å²) in [6.07, 6.45) is 5.32. The van der Waals surface area contributed by atoms with E-state index in [1.807, 2.05) is 12.3 Å². The lowest BCUT2D eigenvalue weighted by atomic mass is 10.0. The Morgan fingerprint density at radius 3 is 2.84 bits per heavy atom. The zero-order chi connectivity index (χ0) is 13.5. The normalized spacial score (nSPS) is 18.5. The second-order valence-corrected chi connectivity index (χ2v) is 5.30. The van der Waals surface area contributed by atoms with Crippen LogP contribution in [0.2, 0.25) is 0 Å². The molecule has 1 aliphatic heterocycles. The molecule has 1 fully saturated rings. The monoisotopic (exact) mass is 263 g/mol. The Labute approximate surface area is 116 Å². The van der Waals surface area contributed by atoms with Crippen LogP contribution in [0.1, 0.15) is 26.2 Å². The number of hydrogen-bond acceptors (Lipinski definition) is 4. The molecule has 1 aromatic heterocycles. The maximum atomic E-state index is 5.12. The number of rotatable bonds is 6. The molecule has 19 heavy (non-hydrogen) atoms. The summed E-state index contributed by atoms with van der Waals surface area (Å²) in [5, 5.41) is 3.70. The van der Waals surface area contributed by atoms with Crippen molar-refractivity contribution in [1.82, 2.24) is 10.3 Å². The molecule has 1 N–H and O–H groups in total. The first kappa shape index (κ1) is 14.3. The van der Waals surface area contributed by atoms with Crippen molar-refractivity contribution in [3.05, 3.63) is 24.4 Å². The average molecular weight is 263 g/mol. The van der Waals surface area contributed by atoms with E-state index >= 15 is 0 Å². The van der Waals surface area contributed by atoms with E-state index in [0.717, 1.165) is 31.9 Å². The molecular weight excluding hydrogens is 238 g/mol. The second-order valence-electron chi connectivity index (χ2n) is 5.30. The maximum absolute atomic E-state index is 5.12. The first-order valence-corrected chi connectivity index (χ1v) is 7.20. The Kier molecular flexibility index (Phi) is 5.61. The Bertz CT molecular complexity index is 350. The SMILES string of the molecule is COCCC(C)NC1CCN(c2ccccn2)CC1. The van der Waals surface area contributed by atoms with Crippen LogP contribution in [-0.4, -0.2) is 43.9 Å². The van der Waals surface area contributed by atoms with E-state index in [-0.39, 0.29) is 0 Å². The minimum atomic E-state index is 0.534. The van der Waals surface area contributed by atoms with Crippen LogP contribution in [0, 0.1) is 0 Å². The first-order chi connectivity index (χ1) is 9.29. The fraction of sp³-hybridized carbons (Fsp3) is 0.667. The number of anilines is 1. The number of nitrogens with zero attached hydrogens (tertiary/aromatic N) is 2. The number of hydrogen-bond donors (Lipinski definition) is 1.